The van der Waals surface area contributed by atoms with Crippen molar-refractivity contribution in [1.29, 1.82) is 5.26 Å². The second-order valence-corrected chi connectivity index (χ2v) is 4.07. The number of ether oxygens (including phenoxy) is 1. The van der Waals surface area contributed by atoms with Crippen molar-refractivity contribution in [3.8, 4) is 11.8 Å². The van der Waals surface area contributed by atoms with E-state index in [0.717, 1.165) is 24.5 Å². The summed E-state index contributed by atoms with van der Waals surface area (Å²) in [6, 6.07) is 9.31. The standard InChI is InChI=1S/C13H17NOS/c14-11-12-5-7-13(8-6-12)15-9-3-1-2-4-10-16/h5-8,16H,1-4,9-10H2. The number of rotatable bonds is 7. The van der Waals surface area contributed by atoms with Gasteiger partial charge in [-0.2, -0.15) is 17.9 Å². The van der Waals surface area contributed by atoms with E-state index in [1.54, 1.807) is 12.1 Å². The molecule has 1 rings (SSSR count). The first-order valence-electron chi connectivity index (χ1n) is 5.60. The van der Waals surface area contributed by atoms with Crippen LogP contribution in [-0.2, 0) is 0 Å². The molecule has 0 saturated carbocycles. The van der Waals surface area contributed by atoms with Gasteiger partial charge in [0.05, 0.1) is 18.2 Å². The maximum absolute atomic E-state index is 8.63. The Kier molecular flexibility index (Phi) is 6.52. The highest BCUT2D eigenvalue weighted by molar-refractivity contribution is 7.80. The zero-order chi connectivity index (χ0) is 11.6. The van der Waals surface area contributed by atoms with Gasteiger partial charge in [-0.1, -0.05) is 12.8 Å². The minimum absolute atomic E-state index is 0.668. The van der Waals surface area contributed by atoms with Gasteiger partial charge in [0.2, 0.25) is 0 Å². The number of hydrogen-bond donors (Lipinski definition) is 1. The van der Waals surface area contributed by atoms with Crippen LogP contribution >= 0.6 is 12.6 Å². The van der Waals surface area contributed by atoms with Gasteiger partial charge in [0.1, 0.15) is 5.75 Å². The van der Waals surface area contributed by atoms with Gasteiger partial charge in [-0.05, 0) is 42.9 Å². The molecule has 0 unspecified atom stereocenters. The number of nitrogens with zero attached hydrogens (tertiary/aromatic N) is 1. The van der Waals surface area contributed by atoms with Gasteiger partial charge in [-0.15, -0.1) is 0 Å². The van der Waals surface area contributed by atoms with Gasteiger partial charge in [0, 0.05) is 0 Å². The molecule has 0 fully saturated rings. The molecule has 0 aliphatic heterocycles. The summed E-state index contributed by atoms with van der Waals surface area (Å²) < 4.78 is 5.56. The summed E-state index contributed by atoms with van der Waals surface area (Å²) in [5.74, 6) is 1.81. The lowest BCUT2D eigenvalue weighted by atomic mass is 10.2. The van der Waals surface area contributed by atoms with Gasteiger partial charge in [-0.3, -0.25) is 0 Å². The minimum atomic E-state index is 0.668. The van der Waals surface area contributed by atoms with E-state index in [9.17, 15) is 0 Å². The number of hydrogen-bond acceptors (Lipinski definition) is 3. The summed E-state index contributed by atoms with van der Waals surface area (Å²) in [5, 5.41) is 8.63. The van der Waals surface area contributed by atoms with Crippen molar-refractivity contribution in [1.82, 2.24) is 0 Å². The summed E-state index contributed by atoms with van der Waals surface area (Å²) in [6.45, 7) is 0.748. The molecule has 86 valence electrons. The molecule has 0 radical (unpaired) electrons. The van der Waals surface area contributed by atoms with Crippen molar-refractivity contribution >= 4 is 12.6 Å². The van der Waals surface area contributed by atoms with Crippen LogP contribution in [0.5, 0.6) is 5.75 Å². The smallest absolute Gasteiger partial charge is 0.119 e. The molecular weight excluding hydrogens is 218 g/mol. The Bertz CT molecular complexity index is 329. The molecule has 3 heteroatoms. The molecular formula is C13H17NOS. The molecule has 0 spiro atoms. The molecule has 0 aromatic heterocycles. The fourth-order valence-corrected chi connectivity index (χ4v) is 1.61. The molecule has 0 atom stereocenters. The first kappa shape index (κ1) is 12.9. The van der Waals surface area contributed by atoms with E-state index in [2.05, 4.69) is 18.7 Å². The number of thiol groups is 1. The second-order valence-electron chi connectivity index (χ2n) is 3.62. The largest absolute Gasteiger partial charge is 0.494 e. The molecule has 0 heterocycles. The Labute approximate surface area is 103 Å². The molecule has 0 aliphatic rings. The molecule has 1 aromatic carbocycles. The topological polar surface area (TPSA) is 33.0 Å². The summed E-state index contributed by atoms with van der Waals surface area (Å²) in [6.07, 6.45) is 4.67. The van der Waals surface area contributed by atoms with Crippen molar-refractivity contribution < 1.29 is 4.74 Å². The van der Waals surface area contributed by atoms with Crippen molar-refractivity contribution in [3.05, 3.63) is 29.8 Å². The molecule has 16 heavy (non-hydrogen) atoms. The highest BCUT2D eigenvalue weighted by Gasteiger charge is 1.94. The lowest BCUT2D eigenvalue weighted by Gasteiger charge is -2.05. The molecule has 0 N–H and O–H groups in total. The van der Waals surface area contributed by atoms with Gasteiger partial charge in [-0.25, -0.2) is 0 Å². The Balaban J connectivity index is 2.15. The van der Waals surface area contributed by atoms with Crippen LogP contribution in [0.2, 0.25) is 0 Å². The van der Waals surface area contributed by atoms with Crippen molar-refractivity contribution in [2.75, 3.05) is 12.4 Å². The van der Waals surface area contributed by atoms with E-state index in [1.807, 2.05) is 12.1 Å². The zero-order valence-corrected chi connectivity index (χ0v) is 10.2. The number of unbranched alkanes of at least 4 members (excludes halogenated alkanes) is 3. The van der Waals surface area contributed by atoms with Crippen LogP contribution in [0.15, 0.2) is 24.3 Å². The summed E-state index contributed by atoms with van der Waals surface area (Å²) in [7, 11) is 0. The SMILES string of the molecule is N#Cc1ccc(OCCCCCCS)cc1. The Morgan fingerprint density at radius 3 is 2.38 bits per heavy atom. The van der Waals surface area contributed by atoms with Crippen LogP contribution in [0.3, 0.4) is 0 Å². The monoisotopic (exact) mass is 235 g/mol. The predicted octanol–water partition coefficient (Wildman–Crippen LogP) is 3.43. The average Bonchev–Trinajstić information content (AvgIpc) is 2.34. The van der Waals surface area contributed by atoms with Crippen LogP contribution in [0, 0.1) is 11.3 Å². The van der Waals surface area contributed by atoms with Crippen molar-refractivity contribution in [2.45, 2.75) is 25.7 Å². The molecule has 2 nitrogen and oxygen atoms in total. The number of benzene rings is 1. The van der Waals surface area contributed by atoms with Gasteiger partial charge in [0.15, 0.2) is 0 Å². The van der Waals surface area contributed by atoms with Gasteiger partial charge in [0.25, 0.3) is 0 Å². The normalized spacial score (nSPS) is 9.75. The van der Waals surface area contributed by atoms with Gasteiger partial charge < -0.3 is 4.74 Å². The lowest BCUT2D eigenvalue weighted by Crippen LogP contribution is -1.97. The van der Waals surface area contributed by atoms with Crippen LogP contribution in [0.4, 0.5) is 0 Å². The van der Waals surface area contributed by atoms with Crippen LogP contribution in [0.25, 0.3) is 0 Å². The third-order valence-electron chi connectivity index (χ3n) is 2.30. The van der Waals surface area contributed by atoms with Crippen LogP contribution < -0.4 is 4.74 Å². The Hall–Kier alpha value is -1.14. The molecule has 0 saturated heterocycles. The third kappa shape index (κ3) is 5.09. The van der Waals surface area contributed by atoms with Crippen molar-refractivity contribution in [3.63, 3.8) is 0 Å². The highest BCUT2D eigenvalue weighted by Crippen LogP contribution is 2.12. The maximum Gasteiger partial charge on any atom is 0.119 e. The first-order valence-corrected chi connectivity index (χ1v) is 6.24. The quantitative estimate of drug-likeness (QED) is 0.580. The number of nitriles is 1. The van der Waals surface area contributed by atoms with E-state index in [0.29, 0.717) is 5.56 Å². The van der Waals surface area contributed by atoms with E-state index in [1.165, 1.54) is 19.3 Å². The van der Waals surface area contributed by atoms with E-state index >= 15 is 0 Å². The Morgan fingerprint density at radius 1 is 1.06 bits per heavy atom. The predicted molar refractivity (Wildman–Crippen MR) is 69.0 cm³/mol. The minimum Gasteiger partial charge on any atom is -0.494 e. The Morgan fingerprint density at radius 2 is 1.75 bits per heavy atom. The molecule has 1 aromatic rings. The fourth-order valence-electron chi connectivity index (χ4n) is 1.38. The summed E-state index contributed by atoms with van der Waals surface area (Å²) in [5.41, 5.74) is 0.668. The summed E-state index contributed by atoms with van der Waals surface area (Å²) >= 11 is 4.16. The maximum atomic E-state index is 8.63. The van der Waals surface area contributed by atoms with Gasteiger partial charge >= 0.3 is 0 Å². The van der Waals surface area contributed by atoms with Crippen LogP contribution in [0.1, 0.15) is 31.2 Å². The zero-order valence-electron chi connectivity index (χ0n) is 9.35. The summed E-state index contributed by atoms with van der Waals surface area (Å²) in [4.78, 5) is 0. The fraction of sp³-hybridized carbons (Fsp3) is 0.462. The second kappa shape index (κ2) is 8.06. The molecule has 0 amide bonds. The third-order valence-corrected chi connectivity index (χ3v) is 2.62. The van der Waals surface area contributed by atoms with E-state index < -0.39 is 0 Å². The molecule has 0 bridgehead atoms. The molecule has 0 aliphatic carbocycles. The first-order chi connectivity index (χ1) is 7.86. The highest BCUT2D eigenvalue weighted by atomic mass is 32.1. The van der Waals surface area contributed by atoms with Crippen molar-refractivity contribution in [2.24, 2.45) is 0 Å². The average molecular weight is 235 g/mol. The van der Waals surface area contributed by atoms with E-state index in [-0.39, 0.29) is 0 Å². The van der Waals surface area contributed by atoms with Crippen LogP contribution in [-0.4, -0.2) is 12.4 Å². The lowest BCUT2D eigenvalue weighted by molar-refractivity contribution is 0.305. The van der Waals surface area contributed by atoms with E-state index in [4.69, 9.17) is 10.00 Å².